The molecule has 0 aliphatic heterocycles. The minimum Gasteiger partial charge on any atom is -0.409 e. The highest BCUT2D eigenvalue weighted by molar-refractivity contribution is 6.11. The number of carbonyl (C=O) groups is 1. The van der Waals surface area contributed by atoms with Gasteiger partial charge in [-0.15, -0.1) is 0 Å². The fourth-order valence-corrected chi connectivity index (χ4v) is 3.43. The maximum Gasteiger partial charge on any atom is 0.420 e. The number of carbonyl (C=O) groups excluding carboxylic acids is 1. The van der Waals surface area contributed by atoms with Crippen molar-refractivity contribution in [2.24, 2.45) is 10.7 Å². The topological polar surface area (TPSA) is 77.2 Å². The lowest BCUT2D eigenvalue weighted by Gasteiger charge is -2.25. The van der Waals surface area contributed by atoms with Crippen molar-refractivity contribution in [1.29, 1.82) is 0 Å². The number of halogens is 7. The smallest absolute Gasteiger partial charge is 0.409 e. The van der Waals surface area contributed by atoms with Crippen LogP contribution in [0.4, 0.5) is 41.2 Å². The second-order valence-corrected chi connectivity index (χ2v) is 8.38. The number of hydrogen-bond acceptors (Lipinski definition) is 5. The molecule has 6 nitrogen and oxygen atoms in total. The van der Waals surface area contributed by atoms with Gasteiger partial charge < -0.3 is 15.2 Å². The first-order valence-corrected chi connectivity index (χ1v) is 11.4. The minimum absolute atomic E-state index is 0.0565. The van der Waals surface area contributed by atoms with Gasteiger partial charge in [-0.2, -0.15) is 26.3 Å². The van der Waals surface area contributed by atoms with Crippen LogP contribution < -0.4 is 15.4 Å². The van der Waals surface area contributed by atoms with Crippen LogP contribution in [-0.4, -0.2) is 38.6 Å². The molecule has 0 bridgehead atoms. The lowest BCUT2D eigenvalue weighted by atomic mass is 9.96. The lowest BCUT2D eigenvalue weighted by Crippen LogP contribution is -2.30. The minimum atomic E-state index is -5.34. The molecule has 13 heteroatoms. The van der Waals surface area contributed by atoms with Gasteiger partial charge in [-0.1, -0.05) is 0 Å². The number of benzene rings is 2. The summed E-state index contributed by atoms with van der Waals surface area (Å²) >= 11 is 0. The fraction of sp³-hybridized carbons (Fsp3) is 0.360. The summed E-state index contributed by atoms with van der Waals surface area (Å²) < 4.78 is 106. The molecule has 1 aliphatic carbocycles. The van der Waals surface area contributed by atoms with E-state index in [9.17, 15) is 35.5 Å². The number of ether oxygens (including phenoxy) is 2. The number of hydrogen-bond donors (Lipinski definition) is 1. The molecule has 1 amide bonds. The van der Waals surface area contributed by atoms with E-state index in [1.54, 1.807) is 0 Å². The number of rotatable bonds is 8. The van der Waals surface area contributed by atoms with Crippen molar-refractivity contribution in [3.05, 3.63) is 65.1 Å². The van der Waals surface area contributed by atoms with Crippen molar-refractivity contribution < 1.29 is 45.0 Å². The molecule has 0 spiro atoms. The molecule has 1 saturated carbocycles. The highest BCUT2D eigenvalue weighted by Gasteiger charge is 2.41. The number of anilines is 1. The van der Waals surface area contributed by atoms with Gasteiger partial charge in [-0.3, -0.25) is 9.89 Å². The van der Waals surface area contributed by atoms with E-state index in [1.165, 1.54) is 12.1 Å². The Bertz CT molecular complexity index is 1190. The van der Waals surface area contributed by atoms with Crippen LogP contribution in [0.1, 0.15) is 36.0 Å². The maximum atomic E-state index is 13.9. The molecule has 3 rings (SSSR count). The number of nitrogens with two attached hydrogens (primary N) is 1. The molecule has 0 aromatic heterocycles. The molecule has 1 fully saturated rings. The van der Waals surface area contributed by atoms with Crippen molar-refractivity contribution >= 4 is 23.6 Å². The predicted octanol–water partition coefficient (Wildman–Crippen LogP) is 6.44. The quantitative estimate of drug-likeness (QED) is 0.235. The SMILES string of the molecule is CN(C(=O)Oc1c(/C(C=NCCOC2CCC2)=C/N)cc(C(F)(F)F)cc1C(F)(F)F)c1ccc(F)cc1. The second kappa shape index (κ2) is 11.8. The van der Waals surface area contributed by atoms with Crippen LogP contribution in [0.5, 0.6) is 5.75 Å². The van der Waals surface area contributed by atoms with Gasteiger partial charge in [0.05, 0.1) is 30.4 Å². The molecule has 206 valence electrons. The normalized spacial score (nSPS) is 15.0. The molecule has 2 aromatic carbocycles. The molecule has 0 radical (unpaired) electrons. The average molecular weight is 547 g/mol. The zero-order valence-corrected chi connectivity index (χ0v) is 20.1. The van der Waals surface area contributed by atoms with Crippen LogP contribution >= 0.6 is 0 Å². The van der Waals surface area contributed by atoms with Crippen LogP contribution in [0.25, 0.3) is 5.57 Å². The average Bonchev–Trinajstić information content (AvgIpc) is 2.81. The van der Waals surface area contributed by atoms with Gasteiger partial charge in [-0.25, -0.2) is 9.18 Å². The highest BCUT2D eigenvalue weighted by Crippen LogP contribution is 2.44. The Morgan fingerprint density at radius 1 is 1.11 bits per heavy atom. The number of alkyl halides is 6. The van der Waals surface area contributed by atoms with Gasteiger partial charge in [0.15, 0.2) is 5.75 Å². The Morgan fingerprint density at radius 3 is 2.29 bits per heavy atom. The van der Waals surface area contributed by atoms with E-state index < -0.39 is 46.7 Å². The van der Waals surface area contributed by atoms with E-state index in [2.05, 4.69) is 4.99 Å². The number of nitrogens with zero attached hydrogens (tertiary/aromatic N) is 2. The highest BCUT2D eigenvalue weighted by atomic mass is 19.4. The third-order valence-corrected chi connectivity index (χ3v) is 5.75. The van der Waals surface area contributed by atoms with Crippen LogP contribution in [0.3, 0.4) is 0 Å². The maximum absolute atomic E-state index is 13.9. The summed E-state index contributed by atoms with van der Waals surface area (Å²) in [7, 11) is 1.13. The van der Waals surface area contributed by atoms with Crippen molar-refractivity contribution in [3.8, 4) is 5.75 Å². The zero-order valence-electron chi connectivity index (χ0n) is 20.1. The van der Waals surface area contributed by atoms with Crippen molar-refractivity contribution in [2.75, 3.05) is 25.1 Å². The van der Waals surface area contributed by atoms with E-state index in [-0.39, 0.29) is 36.6 Å². The summed E-state index contributed by atoms with van der Waals surface area (Å²) in [5, 5.41) is 0. The van der Waals surface area contributed by atoms with Crippen LogP contribution in [0.2, 0.25) is 0 Å². The molecule has 0 heterocycles. The molecule has 0 atom stereocenters. The van der Waals surface area contributed by atoms with Crippen LogP contribution in [0.15, 0.2) is 47.6 Å². The molecule has 0 unspecified atom stereocenters. The van der Waals surface area contributed by atoms with Gasteiger partial charge in [0.1, 0.15) is 5.82 Å². The fourth-order valence-electron chi connectivity index (χ4n) is 3.43. The van der Waals surface area contributed by atoms with E-state index in [4.69, 9.17) is 15.2 Å². The van der Waals surface area contributed by atoms with Gasteiger partial charge in [0.25, 0.3) is 0 Å². The summed E-state index contributed by atoms with van der Waals surface area (Å²) in [5.74, 6) is -1.83. The summed E-state index contributed by atoms with van der Waals surface area (Å²) in [6.45, 7) is 0.265. The zero-order chi connectivity index (χ0) is 28.1. The summed E-state index contributed by atoms with van der Waals surface area (Å²) in [6, 6.07) is 4.58. The van der Waals surface area contributed by atoms with Gasteiger partial charge in [0.2, 0.25) is 0 Å². The first kappa shape index (κ1) is 29.0. The first-order chi connectivity index (χ1) is 17.8. The Labute approximate surface area is 213 Å². The van der Waals surface area contributed by atoms with Gasteiger partial charge >= 0.3 is 18.4 Å². The van der Waals surface area contributed by atoms with Crippen LogP contribution in [-0.2, 0) is 17.1 Å². The second-order valence-electron chi connectivity index (χ2n) is 8.38. The predicted molar refractivity (Wildman–Crippen MR) is 126 cm³/mol. The molecule has 0 saturated heterocycles. The van der Waals surface area contributed by atoms with Crippen LogP contribution in [0, 0.1) is 5.82 Å². The summed E-state index contributed by atoms with van der Waals surface area (Å²) in [5.41, 5.74) is 1.03. The van der Waals surface area contributed by atoms with Crippen molar-refractivity contribution in [1.82, 2.24) is 0 Å². The summed E-state index contributed by atoms with van der Waals surface area (Å²) in [4.78, 5) is 17.5. The molecular weight excluding hydrogens is 523 g/mol. The van der Waals surface area contributed by atoms with Crippen molar-refractivity contribution in [2.45, 2.75) is 37.7 Å². The Balaban J connectivity index is 2.00. The Morgan fingerprint density at radius 2 is 1.76 bits per heavy atom. The number of allylic oxidation sites excluding steroid dienone is 1. The Hall–Kier alpha value is -3.61. The van der Waals surface area contributed by atoms with E-state index in [0.29, 0.717) is 6.07 Å². The van der Waals surface area contributed by atoms with Crippen molar-refractivity contribution in [3.63, 3.8) is 0 Å². The molecule has 2 N–H and O–H groups in total. The van der Waals surface area contributed by atoms with Gasteiger partial charge in [-0.05, 0) is 55.7 Å². The molecular formula is C25H24F7N3O3. The monoisotopic (exact) mass is 547 g/mol. The molecule has 38 heavy (non-hydrogen) atoms. The first-order valence-electron chi connectivity index (χ1n) is 11.4. The third kappa shape index (κ3) is 7.24. The lowest BCUT2D eigenvalue weighted by molar-refractivity contribution is -0.143. The third-order valence-electron chi connectivity index (χ3n) is 5.75. The van der Waals surface area contributed by atoms with E-state index in [0.717, 1.165) is 55.8 Å². The molecule has 2 aromatic rings. The largest absolute Gasteiger partial charge is 0.420 e. The summed E-state index contributed by atoms with van der Waals surface area (Å²) in [6.07, 6.45) is -7.16. The Kier molecular flexibility index (Phi) is 9.02. The molecule has 1 aliphatic rings. The number of aliphatic imine (C=N–C) groups is 1. The van der Waals surface area contributed by atoms with E-state index >= 15 is 0 Å². The number of amides is 1. The van der Waals surface area contributed by atoms with E-state index in [1.807, 2.05) is 0 Å². The standard InChI is InChI=1S/C25H24F7N3O3/c1-35(18-7-5-17(26)6-8-18)23(36)38-22-20(11-16(24(27,28)29)12-21(22)25(30,31)32)15(13-33)14-34-9-10-37-19-3-2-4-19/h5-8,11-14,19H,2-4,9-10,33H2,1H3/b15-13+,34-14?. The van der Waals surface area contributed by atoms with Gasteiger partial charge in [0, 0.05) is 36.3 Å².